The van der Waals surface area contributed by atoms with Crippen molar-refractivity contribution in [1.29, 1.82) is 0 Å². The molecule has 2 aromatic rings. The van der Waals surface area contributed by atoms with Crippen molar-refractivity contribution in [1.82, 2.24) is 4.98 Å². The number of fused-ring (bicyclic) bond motifs is 1. The van der Waals surface area contributed by atoms with Gasteiger partial charge in [0.25, 0.3) is 0 Å². The maximum Gasteiger partial charge on any atom is 0.573 e. The molecule has 0 saturated carbocycles. The smallest absolute Gasteiger partial charge is 0.406 e. The Morgan fingerprint density at radius 2 is 2.00 bits per heavy atom. The SMILES string of the molecule is CCCc1cc(Br)c2cc(OC(F)(F)F)ccc2n1. The van der Waals surface area contributed by atoms with E-state index in [0.29, 0.717) is 15.4 Å². The Labute approximate surface area is 116 Å². The summed E-state index contributed by atoms with van der Waals surface area (Å²) in [6.45, 7) is 2.04. The van der Waals surface area contributed by atoms with Crippen LogP contribution in [0.4, 0.5) is 13.2 Å². The van der Waals surface area contributed by atoms with Gasteiger partial charge in [0.15, 0.2) is 0 Å². The molecule has 0 unspecified atom stereocenters. The Hall–Kier alpha value is -1.30. The first-order chi connectivity index (χ1) is 8.89. The van der Waals surface area contributed by atoms with Gasteiger partial charge in [-0.3, -0.25) is 4.98 Å². The van der Waals surface area contributed by atoms with Crippen LogP contribution in [0.25, 0.3) is 10.9 Å². The molecule has 0 bridgehead atoms. The predicted molar refractivity (Wildman–Crippen MR) is 70.1 cm³/mol. The first-order valence-electron chi connectivity index (χ1n) is 5.74. The minimum absolute atomic E-state index is 0.245. The van der Waals surface area contributed by atoms with E-state index in [0.717, 1.165) is 18.5 Å². The zero-order chi connectivity index (χ0) is 14.0. The summed E-state index contributed by atoms with van der Waals surface area (Å²) in [4.78, 5) is 4.40. The van der Waals surface area contributed by atoms with Crippen LogP contribution in [0.1, 0.15) is 19.0 Å². The van der Waals surface area contributed by atoms with Crippen molar-refractivity contribution >= 4 is 26.8 Å². The fraction of sp³-hybridized carbons (Fsp3) is 0.308. The number of nitrogens with zero attached hydrogens (tertiary/aromatic N) is 1. The highest BCUT2D eigenvalue weighted by molar-refractivity contribution is 9.10. The largest absolute Gasteiger partial charge is 0.573 e. The first kappa shape index (κ1) is 14.1. The van der Waals surface area contributed by atoms with Gasteiger partial charge in [-0.2, -0.15) is 0 Å². The molecule has 0 N–H and O–H groups in total. The summed E-state index contributed by atoms with van der Waals surface area (Å²) in [5.41, 5.74) is 1.55. The summed E-state index contributed by atoms with van der Waals surface area (Å²) in [5, 5.41) is 0.599. The van der Waals surface area contributed by atoms with Crippen LogP contribution < -0.4 is 4.74 Å². The van der Waals surface area contributed by atoms with Crippen LogP contribution in [-0.4, -0.2) is 11.3 Å². The van der Waals surface area contributed by atoms with E-state index in [-0.39, 0.29) is 5.75 Å². The van der Waals surface area contributed by atoms with Gasteiger partial charge in [0.05, 0.1) is 5.52 Å². The maximum absolute atomic E-state index is 12.2. The Bertz CT molecular complexity index is 598. The Balaban J connectivity index is 2.43. The fourth-order valence-electron chi connectivity index (χ4n) is 1.80. The molecular weight excluding hydrogens is 323 g/mol. The van der Waals surface area contributed by atoms with Gasteiger partial charge in [-0.25, -0.2) is 0 Å². The van der Waals surface area contributed by atoms with Crippen molar-refractivity contribution in [2.24, 2.45) is 0 Å². The van der Waals surface area contributed by atoms with Gasteiger partial charge >= 0.3 is 6.36 Å². The van der Waals surface area contributed by atoms with E-state index in [1.54, 1.807) is 0 Å². The molecule has 1 heterocycles. The Morgan fingerprint density at radius 1 is 1.26 bits per heavy atom. The molecule has 0 amide bonds. The number of pyridine rings is 1. The number of rotatable bonds is 3. The van der Waals surface area contributed by atoms with Crippen molar-refractivity contribution in [3.05, 3.63) is 34.4 Å². The average molecular weight is 334 g/mol. The first-order valence-corrected chi connectivity index (χ1v) is 6.53. The average Bonchev–Trinajstić information content (AvgIpc) is 2.28. The number of aromatic nitrogens is 1. The van der Waals surface area contributed by atoms with Crippen LogP contribution in [0.2, 0.25) is 0 Å². The molecule has 0 spiro atoms. The molecule has 0 fully saturated rings. The van der Waals surface area contributed by atoms with Crippen molar-refractivity contribution in [3.63, 3.8) is 0 Å². The zero-order valence-corrected chi connectivity index (χ0v) is 11.7. The van der Waals surface area contributed by atoms with Crippen LogP contribution in [0, 0.1) is 0 Å². The Morgan fingerprint density at radius 3 is 2.63 bits per heavy atom. The lowest BCUT2D eigenvalue weighted by molar-refractivity contribution is -0.274. The van der Waals surface area contributed by atoms with E-state index in [9.17, 15) is 13.2 Å². The number of hydrogen-bond acceptors (Lipinski definition) is 2. The number of alkyl halides is 3. The lowest BCUT2D eigenvalue weighted by atomic mass is 10.1. The second kappa shape index (κ2) is 5.36. The number of halogens is 4. The molecule has 0 aliphatic heterocycles. The van der Waals surface area contributed by atoms with E-state index in [2.05, 4.69) is 25.7 Å². The topological polar surface area (TPSA) is 22.1 Å². The van der Waals surface area contributed by atoms with Crippen molar-refractivity contribution in [2.75, 3.05) is 0 Å². The minimum Gasteiger partial charge on any atom is -0.406 e. The summed E-state index contributed by atoms with van der Waals surface area (Å²) in [6, 6.07) is 5.95. The van der Waals surface area contributed by atoms with E-state index in [1.807, 2.05) is 13.0 Å². The number of hydrogen-bond donors (Lipinski definition) is 0. The number of benzene rings is 1. The molecule has 0 aliphatic carbocycles. The predicted octanol–water partition coefficient (Wildman–Crippen LogP) is 4.85. The lowest BCUT2D eigenvalue weighted by Gasteiger charge is -2.10. The van der Waals surface area contributed by atoms with E-state index in [1.165, 1.54) is 18.2 Å². The highest BCUT2D eigenvalue weighted by Crippen LogP contribution is 2.30. The zero-order valence-electron chi connectivity index (χ0n) is 10.1. The highest BCUT2D eigenvalue weighted by atomic mass is 79.9. The molecule has 0 radical (unpaired) electrons. The molecule has 0 aliphatic rings. The van der Waals surface area contributed by atoms with E-state index in [4.69, 9.17) is 0 Å². The highest BCUT2D eigenvalue weighted by Gasteiger charge is 2.31. The van der Waals surface area contributed by atoms with Gasteiger partial charge in [0.2, 0.25) is 0 Å². The normalized spacial score (nSPS) is 11.8. The second-order valence-corrected chi connectivity index (χ2v) is 4.93. The van der Waals surface area contributed by atoms with Crippen LogP contribution in [-0.2, 0) is 6.42 Å². The van der Waals surface area contributed by atoms with Gasteiger partial charge in [-0.05, 0) is 30.7 Å². The minimum atomic E-state index is -4.68. The quantitative estimate of drug-likeness (QED) is 0.801. The molecule has 1 aromatic carbocycles. The van der Waals surface area contributed by atoms with Gasteiger partial charge in [-0.1, -0.05) is 29.3 Å². The van der Waals surface area contributed by atoms with Crippen LogP contribution in [0.15, 0.2) is 28.7 Å². The molecule has 2 nitrogen and oxygen atoms in total. The number of aryl methyl sites for hydroxylation is 1. The molecule has 102 valence electrons. The third-order valence-electron chi connectivity index (χ3n) is 2.52. The molecule has 19 heavy (non-hydrogen) atoms. The summed E-state index contributed by atoms with van der Waals surface area (Å²) in [6.07, 6.45) is -2.90. The molecular formula is C13H11BrF3NO. The summed E-state index contributed by atoms with van der Waals surface area (Å²) in [5.74, 6) is -0.245. The summed E-state index contributed by atoms with van der Waals surface area (Å²) >= 11 is 3.35. The van der Waals surface area contributed by atoms with Gasteiger partial charge in [-0.15, -0.1) is 13.2 Å². The third-order valence-corrected chi connectivity index (χ3v) is 3.18. The monoisotopic (exact) mass is 333 g/mol. The summed E-state index contributed by atoms with van der Waals surface area (Å²) in [7, 11) is 0. The third kappa shape index (κ3) is 3.59. The molecule has 2 rings (SSSR count). The van der Waals surface area contributed by atoms with Gasteiger partial charge in [0, 0.05) is 15.6 Å². The van der Waals surface area contributed by atoms with Crippen LogP contribution >= 0.6 is 15.9 Å². The van der Waals surface area contributed by atoms with E-state index < -0.39 is 6.36 Å². The van der Waals surface area contributed by atoms with Crippen LogP contribution in [0.3, 0.4) is 0 Å². The molecule has 1 aromatic heterocycles. The summed E-state index contributed by atoms with van der Waals surface area (Å²) < 4.78 is 41.1. The van der Waals surface area contributed by atoms with Gasteiger partial charge in [0.1, 0.15) is 5.75 Å². The van der Waals surface area contributed by atoms with Crippen molar-refractivity contribution < 1.29 is 17.9 Å². The standard InChI is InChI=1S/C13H11BrF3NO/c1-2-3-8-6-11(14)10-7-9(19-13(15,16)17)4-5-12(10)18-8/h4-7H,2-3H2,1H3. The number of ether oxygens (including phenoxy) is 1. The van der Waals surface area contributed by atoms with Gasteiger partial charge < -0.3 is 4.74 Å². The fourth-order valence-corrected chi connectivity index (χ4v) is 2.38. The molecule has 0 atom stereocenters. The second-order valence-electron chi connectivity index (χ2n) is 4.07. The van der Waals surface area contributed by atoms with E-state index >= 15 is 0 Å². The Kier molecular flexibility index (Phi) is 3.99. The maximum atomic E-state index is 12.2. The van der Waals surface area contributed by atoms with Crippen molar-refractivity contribution in [3.8, 4) is 5.75 Å². The molecule has 0 saturated heterocycles. The van der Waals surface area contributed by atoms with Crippen molar-refractivity contribution in [2.45, 2.75) is 26.1 Å². The van der Waals surface area contributed by atoms with Crippen LogP contribution in [0.5, 0.6) is 5.75 Å². The lowest BCUT2D eigenvalue weighted by Crippen LogP contribution is -2.17. The molecule has 6 heteroatoms.